The number of hydrogen-bond donors (Lipinski definition) is 0. The lowest BCUT2D eigenvalue weighted by Gasteiger charge is -2.15. The molecule has 0 spiro atoms. The molecule has 2 aliphatic heterocycles. The standard InChI is InChI=1S/C14H15NO5/c1-15(17)10-7-18-13-11(8-19-12(10)13)20-14(16)9-5-3-2-4-6-9/h2-6,11-13H,7-8H2,1H3/b15-10+/t11-,12+,13+/m0/s1. The van der Waals surface area contributed by atoms with Crippen LogP contribution < -0.4 is 0 Å². The molecule has 2 fully saturated rings. The Hall–Kier alpha value is -1.92. The summed E-state index contributed by atoms with van der Waals surface area (Å²) >= 11 is 0. The number of esters is 1. The van der Waals surface area contributed by atoms with E-state index in [9.17, 15) is 10.0 Å². The summed E-state index contributed by atoms with van der Waals surface area (Å²) in [5.74, 6) is -0.410. The van der Waals surface area contributed by atoms with Gasteiger partial charge in [0.1, 0.15) is 19.8 Å². The van der Waals surface area contributed by atoms with Crippen molar-refractivity contribution in [3.63, 3.8) is 0 Å². The van der Waals surface area contributed by atoms with Gasteiger partial charge in [-0.2, -0.15) is 0 Å². The molecule has 106 valence electrons. The van der Waals surface area contributed by atoms with Crippen LogP contribution in [0.2, 0.25) is 0 Å². The Bertz CT molecular complexity index is 538. The summed E-state index contributed by atoms with van der Waals surface area (Å²) < 4.78 is 17.2. The maximum Gasteiger partial charge on any atom is 0.338 e. The number of carbonyl (C=O) groups excluding carboxylic acids is 1. The minimum absolute atomic E-state index is 0.217. The van der Waals surface area contributed by atoms with Crippen molar-refractivity contribution in [2.75, 3.05) is 20.3 Å². The van der Waals surface area contributed by atoms with Gasteiger partial charge >= 0.3 is 5.97 Å². The quantitative estimate of drug-likeness (QED) is 0.342. The summed E-state index contributed by atoms with van der Waals surface area (Å²) in [5.41, 5.74) is 1.02. The minimum Gasteiger partial charge on any atom is -0.624 e. The molecular weight excluding hydrogens is 262 g/mol. The Morgan fingerprint density at radius 3 is 2.80 bits per heavy atom. The van der Waals surface area contributed by atoms with E-state index in [1.54, 1.807) is 24.3 Å². The normalized spacial score (nSPS) is 30.9. The number of rotatable bonds is 2. The summed E-state index contributed by atoms with van der Waals surface area (Å²) in [5, 5.41) is 11.4. The van der Waals surface area contributed by atoms with Gasteiger partial charge < -0.3 is 19.4 Å². The van der Waals surface area contributed by atoms with Crippen LogP contribution in [0.4, 0.5) is 0 Å². The molecule has 6 heteroatoms. The fourth-order valence-corrected chi connectivity index (χ4v) is 2.48. The zero-order chi connectivity index (χ0) is 14.1. The molecule has 0 N–H and O–H groups in total. The van der Waals surface area contributed by atoms with Crippen LogP contribution in [0, 0.1) is 5.21 Å². The molecule has 3 rings (SSSR count). The van der Waals surface area contributed by atoms with Crippen molar-refractivity contribution in [3.8, 4) is 0 Å². The van der Waals surface area contributed by atoms with Gasteiger partial charge in [-0.15, -0.1) is 0 Å². The summed E-state index contributed by atoms with van der Waals surface area (Å²) in [6.07, 6.45) is -1.29. The number of hydroxylamine groups is 1. The Morgan fingerprint density at radius 1 is 1.35 bits per heavy atom. The summed E-state index contributed by atoms with van der Waals surface area (Å²) in [7, 11) is 1.41. The molecule has 1 aromatic carbocycles. The third kappa shape index (κ3) is 2.28. The minimum atomic E-state index is -0.481. The first-order chi connectivity index (χ1) is 9.66. The molecule has 0 unspecified atom stereocenters. The zero-order valence-electron chi connectivity index (χ0n) is 11.0. The van der Waals surface area contributed by atoms with Crippen LogP contribution in [0.25, 0.3) is 0 Å². The highest BCUT2D eigenvalue weighted by molar-refractivity contribution is 5.90. The summed E-state index contributed by atoms with van der Waals surface area (Å²) in [6, 6.07) is 8.75. The molecule has 3 atom stereocenters. The Balaban J connectivity index is 1.69. The molecule has 0 aliphatic carbocycles. The van der Waals surface area contributed by atoms with Gasteiger partial charge in [0.25, 0.3) is 0 Å². The van der Waals surface area contributed by atoms with Crippen molar-refractivity contribution in [2.45, 2.75) is 18.3 Å². The molecule has 0 radical (unpaired) electrons. The van der Waals surface area contributed by atoms with E-state index in [1.807, 2.05) is 6.07 Å². The second-order valence-electron chi connectivity index (χ2n) is 4.83. The molecule has 2 saturated heterocycles. The fraction of sp³-hybridized carbons (Fsp3) is 0.429. The van der Waals surface area contributed by atoms with Crippen LogP contribution in [0.3, 0.4) is 0 Å². The first-order valence-corrected chi connectivity index (χ1v) is 6.42. The third-order valence-electron chi connectivity index (χ3n) is 3.53. The Morgan fingerprint density at radius 2 is 2.10 bits per heavy atom. The van der Waals surface area contributed by atoms with Crippen molar-refractivity contribution < 1.29 is 23.7 Å². The molecule has 0 aromatic heterocycles. The third-order valence-corrected chi connectivity index (χ3v) is 3.53. The van der Waals surface area contributed by atoms with Gasteiger partial charge in [-0.05, 0) is 12.1 Å². The lowest BCUT2D eigenvalue weighted by molar-refractivity contribution is -0.426. The predicted octanol–water partition coefficient (Wildman–Crippen LogP) is 0.591. The molecule has 1 aromatic rings. The zero-order valence-corrected chi connectivity index (χ0v) is 11.0. The molecule has 2 heterocycles. The lowest BCUT2D eigenvalue weighted by atomic mass is 10.1. The molecule has 6 nitrogen and oxygen atoms in total. The molecule has 0 bridgehead atoms. The monoisotopic (exact) mass is 277 g/mol. The molecule has 0 amide bonds. The van der Waals surface area contributed by atoms with Gasteiger partial charge in [0.05, 0.1) is 12.2 Å². The highest BCUT2D eigenvalue weighted by Gasteiger charge is 2.50. The fourth-order valence-electron chi connectivity index (χ4n) is 2.48. The van der Waals surface area contributed by atoms with Gasteiger partial charge in [0.15, 0.2) is 12.2 Å². The lowest BCUT2D eigenvalue weighted by Crippen LogP contribution is -2.34. The number of ether oxygens (including phenoxy) is 3. The van der Waals surface area contributed by atoms with E-state index in [2.05, 4.69) is 0 Å². The van der Waals surface area contributed by atoms with Crippen LogP contribution in [-0.2, 0) is 14.2 Å². The Kier molecular flexibility index (Phi) is 3.42. The van der Waals surface area contributed by atoms with E-state index >= 15 is 0 Å². The van der Waals surface area contributed by atoms with E-state index < -0.39 is 24.3 Å². The average molecular weight is 277 g/mol. The van der Waals surface area contributed by atoms with Crippen LogP contribution >= 0.6 is 0 Å². The van der Waals surface area contributed by atoms with Crippen molar-refractivity contribution in [1.82, 2.24) is 0 Å². The first-order valence-electron chi connectivity index (χ1n) is 6.42. The highest BCUT2D eigenvalue weighted by Crippen LogP contribution is 2.27. The number of benzene rings is 1. The van der Waals surface area contributed by atoms with Gasteiger partial charge in [-0.25, -0.2) is 9.53 Å². The number of hydrogen-bond acceptors (Lipinski definition) is 5. The topological polar surface area (TPSA) is 70.8 Å². The van der Waals surface area contributed by atoms with Crippen molar-refractivity contribution in [1.29, 1.82) is 0 Å². The number of nitrogens with zero attached hydrogens (tertiary/aromatic N) is 1. The van der Waals surface area contributed by atoms with E-state index in [0.29, 0.717) is 11.3 Å². The smallest absolute Gasteiger partial charge is 0.338 e. The predicted molar refractivity (Wildman–Crippen MR) is 69.7 cm³/mol. The SMILES string of the molecule is C/[N+]([O-])=C1/CO[C@@H]2[C@@H](OC(=O)c3ccccc3)CO[C@H]12. The first kappa shape index (κ1) is 13.1. The van der Waals surface area contributed by atoms with Crippen LogP contribution in [0.5, 0.6) is 0 Å². The summed E-state index contributed by atoms with van der Waals surface area (Å²) in [4.78, 5) is 12.0. The van der Waals surface area contributed by atoms with E-state index in [4.69, 9.17) is 14.2 Å². The van der Waals surface area contributed by atoms with Crippen molar-refractivity contribution in [2.24, 2.45) is 0 Å². The van der Waals surface area contributed by atoms with Crippen LogP contribution in [-0.4, -0.2) is 55.0 Å². The second kappa shape index (κ2) is 5.22. The molecular formula is C14H15NO5. The number of fused-ring (bicyclic) bond motifs is 1. The van der Waals surface area contributed by atoms with Gasteiger partial charge in [-0.1, -0.05) is 18.2 Å². The largest absolute Gasteiger partial charge is 0.624 e. The maximum atomic E-state index is 12.0. The van der Waals surface area contributed by atoms with E-state index in [1.165, 1.54) is 7.05 Å². The average Bonchev–Trinajstić information content (AvgIpc) is 3.02. The maximum absolute atomic E-state index is 12.0. The highest BCUT2D eigenvalue weighted by atomic mass is 16.6. The van der Waals surface area contributed by atoms with Gasteiger partial charge in [-0.3, -0.25) is 0 Å². The molecule has 0 saturated carbocycles. The van der Waals surface area contributed by atoms with Gasteiger partial charge in [0, 0.05) is 0 Å². The van der Waals surface area contributed by atoms with Crippen molar-refractivity contribution >= 4 is 11.7 Å². The van der Waals surface area contributed by atoms with Crippen LogP contribution in [0.1, 0.15) is 10.4 Å². The van der Waals surface area contributed by atoms with Gasteiger partial charge in [0.2, 0.25) is 5.71 Å². The summed E-state index contributed by atoms with van der Waals surface area (Å²) in [6.45, 7) is 0.458. The molecule has 2 aliphatic rings. The molecule has 20 heavy (non-hydrogen) atoms. The van der Waals surface area contributed by atoms with Crippen LogP contribution in [0.15, 0.2) is 30.3 Å². The van der Waals surface area contributed by atoms with Crippen molar-refractivity contribution in [3.05, 3.63) is 41.1 Å². The second-order valence-corrected chi connectivity index (χ2v) is 4.83. The van der Waals surface area contributed by atoms with E-state index in [0.717, 1.165) is 4.74 Å². The Labute approximate surface area is 116 Å². The number of carbonyl (C=O) groups is 1. The van der Waals surface area contributed by atoms with E-state index in [-0.39, 0.29) is 13.2 Å².